The third-order valence-electron chi connectivity index (χ3n) is 8.36. The monoisotopic (exact) mass is 595 g/mol. The first-order valence-corrected chi connectivity index (χ1v) is 15.3. The van der Waals surface area contributed by atoms with Crippen molar-refractivity contribution in [3.63, 3.8) is 0 Å². The number of aryl methyl sites for hydroxylation is 2. The van der Waals surface area contributed by atoms with E-state index in [2.05, 4.69) is 22.2 Å². The van der Waals surface area contributed by atoms with Gasteiger partial charge in [-0.2, -0.15) is 5.10 Å². The predicted octanol–water partition coefficient (Wildman–Crippen LogP) is 6.03. The summed E-state index contributed by atoms with van der Waals surface area (Å²) >= 11 is 0. The van der Waals surface area contributed by atoms with Gasteiger partial charge in [-0.25, -0.2) is 0 Å². The summed E-state index contributed by atoms with van der Waals surface area (Å²) in [5, 5.41) is 4.41. The largest absolute Gasteiger partial charge is 0.336 e. The second-order valence-electron chi connectivity index (χ2n) is 11.5. The molecule has 0 radical (unpaired) electrons. The second-order valence-corrected chi connectivity index (χ2v) is 11.5. The van der Waals surface area contributed by atoms with E-state index in [-0.39, 0.29) is 18.4 Å². The fraction of sp³-hybridized carbons (Fsp3) is 0.211. The Bertz CT molecular complexity index is 1800. The lowest BCUT2D eigenvalue weighted by Crippen LogP contribution is -2.52. The molecule has 1 atom stereocenters. The van der Waals surface area contributed by atoms with E-state index in [0.29, 0.717) is 19.5 Å². The van der Waals surface area contributed by atoms with Gasteiger partial charge in [0.1, 0.15) is 6.04 Å². The number of hydrogen-bond acceptors (Lipinski definition) is 4. The maximum absolute atomic E-state index is 14.5. The van der Waals surface area contributed by atoms with E-state index < -0.39 is 6.04 Å². The molecule has 6 rings (SSSR count). The number of fused-ring (bicyclic) bond motifs is 1. The van der Waals surface area contributed by atoms with Crippen LogP contribution in [0.15, 0.2) is 115 Å². The summed E-state index contributed by atoms with van der Waals surface area (Å²) in [6, 6.07) is 33.4. The molecule has 1 unspecified atom stereocenters. The van der Waals surface area contributed by atoms with Crippen molar-refractivity contribution in [3.05, 3.63) is 149 Å². The molecule has 7 nitrogen and oxygen atoms in total. The van der Waals surface area contributed by atoms with Crippen LogP contribution in [0, 0.1) is 6.92 Å². The van der Waals surface area contributed by atoms with Gasteiger partial charge in [-0.05, 0) is 59.9 Å². The molecule has 0 spiro atoms. The Morgan fingerprint density at radius 1 is 0.889 bits per heavy atom. The lowest BCUT2D eigenvalue weighted by molar-refractivity contribution is -0.144. The van der Waals surface area contributed by atoms with Gasteiger partial charge >= 0.3 is 0 Å². The first-order chi connectivity index (χ1) is 21.9. The Morgan fingerprint density at radius 3 is 2.33 bits per heavy atom. The van der Waals surface area contributed by atoms with Crippen molar-refractivity contribution >= 4 is 17.9 Å². The normalized spacial score (nSPS) is 13.4. The molecule has 3 heterocycles. The average molecular weight is 596 g/mol. The van der Waals surface area contributed by atoms with Gasteiger partial charge in [0.15, 0.2) is 0 Å². The summed E-state index contributed by atoms with van der Waals surface area (Å²) in [5.41, 5.74) is 7.93. The first kappa shape index (κ1) is 29.8. The van der Waals surface area contributed by atoms with Gasteiger partial charge in [0, 0.05) is 50.9 Å². The summed E-state index contributed by atoms with van der Waals surface area (Å²) in [6.07, 6.45) is 6.32. The molecule has 2 amide bonds. The molecule has 0 N–H and O–H groups in total. The van der Waals surface area contributed by atoms with Crippen molar-refractivity contribution in [1.29, 1.82) is 0 Å². The number of hydrogen-bond donors (Lipinski definition) is 0. The number of nitrogens with zero attached hydrogens (tertiary/aromatic N) is 5. The average Bonchev–Trinajstić information content (AvgIpc) is 3.41. The Kier molecular flexibility index (Phi) is 8.96. The molecule has 0 saturated carbocycles. The van der Waals surface area contributed by atoms with Crippen LogP contribution in [-0.2, 0) is 42.6 Å². The third kappa shape index (κ3) is 7.10. The van der Waals surface area contributed by atoms with E-state index in [1.165, 1.54) is 5.56 Å². The Hall–Kier alpha value is -5.30. The summed E-state index contributed by atoms with van der Waals surface area (Å²) in [7, 11) is 1.86. The topological polar surface area (TPSA) is 71.3 Å². The zero-order valence-electron chi connectivity index (χ0n) is 25.7. The maximum atomic E-state index is 14.5. The molecule has 1 aliphatic heterocycles. The highest BCUT2D eigenvalue weighted by Crippen LogP contribution is 2.24. The SMILES string of the molecule is Cc1cc(C=CC(=O)N(Cc2ccc(-c3ccccn3)cc2)C(Cc2ccccc2)C(=O)N2CCc3ccccc3C2)n(C)n1. The van der Waals surface area contributed by atoms with Crippen molar-refractivity contribution in [2.75, 3.05) is 6.54 Å². The zero-order chi connectivity index (χ0) is 31.2. The Balaban J connectivity index is 1.35. The van der Waals surface area contributed by atoms with Crippen LogP contribution in [0.3, 0.4) is 0 Å². The molecule has 1 aliphatic rings. The summed E-state index contributed by atoms with van der Waals surface area (Å²) < 4.78 is 1.75. The fourth-order valence-electron chi connectivity index (χ4n) is 5.95. The van der Waals surface area contributed by atoms with Crippen LogP contribution in [0.1, 0.15) is 33.6 Å². The minimum atomic E-state index is -0.696. The van der Waals surface area contributed by atoms with E-state index in [1.807, 2.05) is 110 Å². The van der Waals surface area contributed by atoms with Crippen LogP contribution in [-0.4, -0.2) is 49.0 Å². The van der Waals surface area contributed by atoms with Gasteiger partial charge in [0.25, 0.3) is 0 Å². The van der Waals surface area contributed by atoms with E-state index in [1.54, 1.807) is 27.9 Å². The number of aromatic nitrogens is 3. The molecular formula is C38H37N5O2. The van der Waals surface area contributed by atoms with Crippen LogP contribution in [0.4, 0.5) is 0 Å². The molecule has 0 bridgehead atoms. The molecule has 45 heavy (non-hydrogen) atoms. The van der Waals surface area contributed by atoms with Gasteiger partial charge in [-0.3, -0.25) is 19.3 Å². The van der Waals surface area contributed by atoms with E-state index in [0.717, 1.165) is 45.8 Å². The second kappa shape index (κ2) is 13.6. The number of amides is 2. The lowest BCUT2D eigenvalue weighted by atomic mass is 9.97. The number of carbonyl (C=O) groups excluding carboxylic acids is 2. The third-order valence-corrected chi connectivity index (χ3v) is 8.36. The van der Waals surface area contributed by atoms with Gasteiger partial charge in [0.2, 0.25) is 11.8 Å². The van der Waals surface area contributed by atoms with Crippen molar-refractivity contribution in [3.8, 4) is 11.3 Å². The van der Waals surface area contributed by atoms with Crippen LogP contribution in [0.2, 0.25) is 0 Å². The summed E-state index contributed by atoms with van der Waals surface area (Å²) in [6.45, 7) is 3.35. The van der Waals surface area contributed by atoms with Gasteiger partial charge in [-0.15, -0.1) is 0 Å². The van der Waals surface area contributed by atoms with Crippen molar-refractivity contribution < 1.29 is 9.59 Å². The van der Waals surface area contributed by atoms with Gasteiger partial charge in [0.05, 0.1) is 17.1 Å². The molecule has 0 saturated heterocycles. The zero-order valence-corrected chi connectivity index (χ0v) is 25.7. The number of benzene rings is 3. The fourth-order valence-corrected chi connectivity index (χ4v) is 5.95. The highest BCUT2D eigenvalue weighted by molar-refractivity contribution is 5.95. The van der Waals surface area contributed by atoms with Gasteiger partial charge < -0.3 is 9.80 Å². The maximum Gasteiger partial charge on any atom is 0.247 e. The molecule has 3 aromatic carbocycles. The van der Waals surface area contributed by atoms with Crippen LogP contribution < -0.4 is 0 Å². The molecule has 226 valence electrons. The van der Waals surface area contributed by atoms with E-state index >= 15 is 0 Å². The predicted molar refractivity (Wildman–Crippen MR) is 177 cm³/mol. The Morgan fingerprint density at radius 2 is 1.62 bits per heavy atom. The van der Waals surface area contributed by atoms with Crippen molar-refractivity contribution in [2.45, 2.75) is 38.9 Å². The number of rotatable bonds is 9. The summed E-state index contributed by atoms with van der Waals surface area (Å²) in [4.78, 5) is 36.8. The molecule has 2 aromatic heterocycles. The molecule has 7 heteroatoms. The van der Waals surface area contributed by atoms with Crippen LogP contribution in [0.5, 0.6) is 0 Å². The minimum Gasteiger partial charge on any atom is -0.336 e. The molecule has 0 fully saturated rings. The van der Waals surface area contributed by atoms with Crippen molar-refractivity contribution in [2.24, 2.45) is 7.05 Å². The van der Waals surface area contributed by atoms with E-state index in [9.17, 15) is 9.59 Å². The quantitative estimate of drug-likeness (QED) is 0.195. The van der Waals surface area contributed by atoms with Crippen molar-refractivity contribution in [1.82, 2.24) is 24.6 Å². The highest BCUT2D eigenvalue weighted by Gasteiger charge is 2.34. The number of carbonyl (C=O) groups is 2. The molecule has 0 aliphatic carbocycles. The van der Waals surface area contributed by atoms with Crippen LogP contribution >= 0.6 is 0 Å². The lowest BCUT2D eigenvalue weighted by Gasteiger charge is -2.37. The molecule has 5 aromatic rings. The van der Waals surface area contributed by atoms with Gasteiger partial charge in [-0.1, -0.05) is 84.9 Å². The standard InChI is InChI=1S/C38H37N5O2/c1-28-24-34(41(2)40-28)19-20-37(44)43(26-30-15-17-32(18-16-30)35-14-8-9-22-39-35)36(25-29-10-4-3-5-11-29)38(45)42-23-21-31-12-6-7-13-33(31)27-42/h3-20,22,24,36H,21,23,25-27H2,1-2H3. The first-order valence-electron chi connectivity index (χ1n) is 15.3. The Labute approximate surface area is 264 Å². The summed E-state index contributed by atoms with van der Waals surface area (Å²) in [5.74, 6) is -0.272. The number of pyridine rings is 1. The van der Waals surface area contributed by atoms with E-state index in [4.69, 9.17) is 0 Å². The van der Waals surface area contributed by atoms with Crippen LogP contribution in [0.25, 0.3) is 17.3 Å². The smallest absolute Gasteiger partial charge is 0.247 e. The minimum absolute atomic E-state index is 0.0448. The highest BCUT2D eigenvalue weighted by atomic mass is 16.2. The molecular weight excluding hydrogens is 558 g/mol.